The van der Waals surface area contributed by atoms with Crippen LogP contribution in [0, 0.1) is 0 Å². The number of phenols is 1. The molecular weight excluding hydrogens is 485 g/mol. The van der Waals surface area contributed by atoms with Gasteiger partial charge in [-0.25, -0.2) is 9.97 Å². The second kappa shape index (κ2) is 9.29. The molecule has 0 amide bonds. The van der Waals surface area contributed by atoms with Crippen molar-refractivity contribution in [3.8, 4) is 5.75 Å². The van der Waals surface area contributed by atoms with Crippen molar-refractivity contribution in [2.45, 2.75) is 46.4 Å². The van der Waals surface area contributed by atoms with Crippen LogP contribution in [0.15, 0.2) is 69.3 Å². The molecule has 0 radical (unpaired) electrons. The molecule has 5 aromatic rings. The normalized spacial score (nSPS) is 12.1. The Bertz CT molecular complexity index is 1370. The number of phenolic OH excluding ortho intramolecular Hbond substituents is 1. The topological polar surface area (TPSA) is 46.0 Å². The van der Waals surface area contributed by atoms with E-state index in [4.69, 9.17) is 9.97 Å². The Balaban J connectivity index is 1.39. The molecule has 2 heterocycles. The summed E-state index contributed by atoms with van der Waals surface area (Å²) in [4.78, 5) is 9.49. The standard InChI is InChI=1S/C26H24N2OS4/c1-26(2,3)18-13-16(14-30-24-27-19-8-4-6-10-21(19)32-24)12-17(23(18)29)15-31-25-28-20-9-5-7-11-22(20)33-25/h4-13,29H,14-15H2,1-3H3. The zero-order valence-electron chi connectivity index (χ0n) is 18.7. The van der Waals surface area contributed by atoms with E-state index in [1.165, 1.54) is 15.0 Å². The second-order valence-corrected chi connectivity index (χ2v) is 13.4. The molecule has 0 spiro atoms. The van der Waals surface area contributed by atoms with Gasteiger partial charge in [-0.1, -0.05) is 80.7 Å². The van der Waals surface area contributed by atoms with Crippen molar-refractivity contribution in [2.75, 3.05) is 0 Å². The van der Waals surface area contributed by atoms with E-state index in [1.54, 1.807) is 46.2 Å². The van der Waals surface area contributed by atoms with Crippen LogP contribution in [0.4, 0.5) is 0 Å². The molecule has 0 aliphatic heterocycles. The van der Waals surface area contributed by atoms with Gasteiger partial charge in [0.1, 0.15) is 5.75 Å². The Morgan fingerprint density at radius 3 is 1.88 bits per heavy atom. The molecule has 5 rings (SSSR count). The van der Waals surface area contributed by atoms with Gasteiger partial charge in [-0.15, -0.1) is 22.7 Å². The highest BCUT2D eigenvalue weighted by Crippen LogP contribution is 2.40. The van der Waals surface area contributed by atoms with Crippen molar-refractivity contribution in [1.82, 2.24) is 9.97 Å². The number of hydrogen-bond donors (Lipinski definition) is 1. The van der Waals surface area contributed by atoms with Crippen molar-refractivity contribution >= 4 is 66.6 Å². The Morgan fingerprint density at radius 2 is 1.33 bits per heavy atom. The molecule has 1 N–H and O–H groups in total. The second-order valence-electron chi connectivity index (χ2n) is 8.87. The van der Waals surface area contributed by atoms with Gasteiger partial charge in [0.2, 0.25) is 0 Å². The molecule has 7 heteroatoms. The van der Waals surface area contributed by atoms with Crippen LogP contribution in [-0.2, 0) is 16.9 Å². The number of aromatic nitrogens is 2. The van der Waals surface area contributed by atoms with Crippen LogP contribution in [0.2, 0.25) is 0 Å². The molecular formula is C26H24N2OS4. The summed E-state index contributed by atoms with van der Waals surface area (Å²) in [6, 6.07) is 20.8. The first-order valence-electron chi connectivity index (χ1n) is 10.7. The van der Waals surface area contributed by atoms with E-state index in [-0.39, 0.29) is 5.41 Å². The molecule has 3 nitrogen and oxygen atoms in total. The number of hydrogen-bond acceptors (Lipinski definition) is 7. The predicted molar refractivity (Wildman–Crippen MR) is 145 cm³/mol. The summed E-state index contributed by atoms with van der Waals surface area (Å²) in [5, 5.41) is 11.1. The Hall–Kier alpha value is -2.06. The highest BCUT2D eigenvalue weighted by molar-refractivity contribution is 8.00. The van der Waals surface area contributed by atoms with Gasteiger partial charge in [-0.05, 0) is 40.8 Å². The minimum Gasteiger partial charge on any atom is -0.507 e. The Morgan fingerprint density at radius 1 is 0.788 bits per heavy atom. The zero-order valence-corrected chi connectivity index (χ0v) is 21.9. The molecule has 2 aromatic heterocycles. The maximum absolute atomic E-state index is 11.1. The molecule has 168 valence electrons. The van der Waals surface area contributed by atoms with Gasteiger partial charge in [0.25, 0.3) is 0 Å². The first-order valence-corrected chi connectivity index (χ1v) is 14.3. The van der Waals surface area contributed by atoms with Crippen LogP contribution in [-0.4, -0.2) is 15.1 Å². The van der Waals surface area contributed by atoms with E-state index < -0.39 is 0 Å². The molecule has 0 atom stereocenters. The number of thiazole rings is 2. The average Bonchev–Trinajstić information content (AvgIpc) is 3.40. The molecule has 33 heavy (non-hydrogen) atoms. The van der Waals surface area contributed by atoms with Gasteiger partial charge >= 0.3 is 0 Å². The number of fused-ring (bicyclic) bond motifs is 2. The van der Waals surface area contributed by atoms with E-state index in [1.807, 2.05) is 24.3 Å². The van der Waals surface area contributed by atoms with Gasteiger partial charge in [-0.2, -0.15) is 0 Å². The molecule has 0 unspecified atom stereocenters. The molecule has 0 bridgehead atoms. The zero-order chi connectivity index (χ0) is 23.0. The van der Waals surface area contributed by atoms with Gasteiger partial charge in [0.15, 0.2) is 8.68 Å². The maximum Gasteiger partial charge on any atom is 0.151 e. The summed E-state index contributed by atoms with van der Waals surface area (Å²) >= 11 is 6.89. The number of aromatic hydroxyl groups is 1. The van der Waals surface area contributed by atoms with E-state index >= 15 is 0 Å². The van der Waals surface area contributed by atoms with Gasteiger partial charge in [0.05, 0.1) is 20.4 Å². The fraction of sp³-hybridized carbons (Fsp3) is 0.231. The Labute approximate surface area is 210 Å². The van der Waals surface area contributed by atoms with Crippen LogP contribution in [0.25, 0.3) is 20.4 Å². The summed E-state index contributed by atoms with van der Waals surface area (Å²) in [6.07, 6.45) is 0. The lowest BCUT2D eigenvalue weighted by molar-refractivity contribution is 0.442. The largest absolute Gasteiger partial charge is 0.507 e. The van der Waals surface area contributed by atoms with Gasteiger partial charge < -0.3 is 5.11 Å². The van der Waals surface area contributed by atoms with Crippen molar-refractivity contribution in [3.63, 3.8) is 0 Å². The smallest absolute Gasteiger partial charge is 0.151 e. The van der Waals surface area contributed by atoms with Crippen LogP contribution >= 0.6 is 46.2 Å². The molecule has 3 aromatic carbocycles. The van der Waals surface area contributed by atoms with Gasteiger partial charge in [-0.3, -0.25) is 0 Å². The van der Waals surface area contributed by atoms with E-state index in [9.17, 15) is 5.11 Å². The molecule has 0 aliphatic carbocycles. The first-order chi connectivity index (χ1) is 15.9. The fourth-order valence-electron chi connectivity index (χ4n) is 3.64. The summed E-state index contributed by atoms with van der Waals surface area (Å²) in [7, 11) is 0. The number of nitrogens with zero attached hydrogens (tertiary/aromatic N) is 2. The predicted octanol–water partition coefficient (Wildman–Crippen LogP) is 8.49. The molecule has 0 aliphatic rings. The first kappa shape index (κ1) is 22.7. The lowest BCUT2D eigenvalue weighted by atomic mass is 9.84. The van der Waals surface area contributed by atoms with Crippen LogP contribution in [0.5, 0.6) is 5.75 Å². The quantitative estimate of drug-likeness (QED) is 0.233. The Kier molecular flexibility index (Phi) is 6.40. The third kappa shape index (κ3) is 5.06. The van der Waals surface area contributed by atoms with Crippen molar-refractivity contribution in [3.05, 3.63) is 77.4 Å². The number of benzene rings is 3. The van der Waals surface area contributed by atoms with Crippen LogP contribution in [0.3, 0.4) is 0 Å². The number of thioether (sulfide) groups is 2. The molecule has 0 fully saturated rings. The average molecular weight is 509 g/mol. The summed E-state index contributed by atoms with van der Waals surface area (Å²) in [5.74, 6) is 1.92. The highest BCUT2D eigenvalue weighted by Gasteiger charge is 2.22. The molecule has 0 saturated heterocycles. The van der Waals surface area contributed by atoms with Crippen LogP contribution < -0.4 is 0 Å². The summed E-state index contributed by atoms with van der Waals surface area (Å²) in [6.45, 7) is 6.45. The lowest BCUT2D eigenvalue weighted by Crippen LogP contribution is -2.12. The van der Waals surface area contributed by atoms with Crippen molar-refractivity contribution < 1.29 is 5.11 Å². The van der Waals surface area contributed by atoms with Crippen LogP contribution in [0.1, 0.15) is 37.5 Å². The minimum atomic E-state index is -0.143. The number of rotatable bonds is 6. The van der Waals surface area contributed by atoms with Crippen molar-refractivity contribution in [1.29, 1.82) is 0 Å². The third-order valence-electron chi connectivity index (χ3n) is 5.32. The van der Waals surface area contributed by atoms with E-state index in [0.29, 0.717) is 11.5 Å². The summed E-state index contributed by atoms with van der Waals surface area (Å²) < 4.78 is 4.52. The SMILES string of the molecule is CC(C)(C)c1cc(CSc2nc3ccccc3s2)cc(CSc2nc3ccccc3s2)c1O. The minimum absolute atomic E-state index is 0.143. The summed E-state index contributed by atoms with van der Waals surface area (Å²) in [5.41, 5.74) is 5.11. The van der Waals surface area contributed by atoms with E-state index in [2.05, 4.69) is 57.2 Å². The maximum atomic E-state index is 11.1. The van der Waals surface area contributed by atoms with E-state index in [0.717, 1.165) is 36.6 Å². The number of para-hydroxylation sites is 2. The fourth-order valence-corrected chi connectivity index (χ4v) is 7.68. The highest BCUT2D eigenvalue weighted by atomic mass is 32.2. The van der Waals surface area contributed by atoms with Gasteiger partial charge in [0, 0.05) is 17.1 Å². The monoisotopic (exact) mass is 508 g/mol. The third-order valence-corrected chi connectivity index (χ3v) is 9.80. The van der Waals surface area contributed by atoms with Crippen molar-refractivity contribution in [2.24, 2.45) is 0 Å². The lowest BCUT2D eigenvalue weighted by Gasteiger charge is -2.23. The molecule has 0 saturated carbocycles.